The molecule has 0 aliphatic carbocycles. The van der Waals surface area contributed by atoms with Gasteiger partial charge in [0, 0.05) is 22.8 Å². The van der Waals surface area contributed by atoms with Gasteiger partial charge in [-0.3, -0.25) is 0 Å². The average molecular weight is 462 g/mol. The number of methoxy groups -OCH3 is 1. The van der Waals surface area contributed by atoms with E-state index in [-0.39, 0.29) is 10.3 Å². The fourth-order valence-corrected chi connectivity index (χ4v) is 6.29. The SMILES string of the molecule is COC(=O)NS(=O)(=O)c1sc(CC(C)C)cc1-c1ccc(C(C)n2ccnc2C)cc1. The van der Waals surface area contributed by atoms with Crippen LogP contribution < -0.4 is 4.72 Å². The van der Waals surface area contributed by atoms with Crippen molar-refractivity contribution in [2.75, 3.05) is 7.11 Å². The second-order valence-corrected chi connectivity index (χ2v) is 10.8. The Labute approximate surface area is 187 Å². The lowest BCUT2D eigenvalue weighted by atomic mass is 10.0. The predicted octanol–water partition coefficient (Wildman–Crippen LogP) is 4.77. The van der Waals surface area contributed by atoms with E-state index in [0.29, 0.717) is 11.5 Å². The van der Waals surface area contributed by atoms with Gasteiger partial charge in [-0.2, -0.15) is 0 Å². The number of thiophene rings is 1. The van der Waals surface area contributed by atoms with E-state index in [1.165, 1.54) is 11.3 Å². The van der Waals surface area contributed by atoms with E-state index in [4.69, 9.17) is 0 Å². The minimum atomic E-state index is -4.05. The summed E-state index contributed by atoms with van der Waals surface area (Å²) < 4.78 is 34.3. The number of aromatic nitrogens is 2. The third kappa shape index (κ3) is 5.16. The molecule has 0 saturated heterocycles. The van der Waals surface area contributed by atoms with Crippen molar-refractivity contribution < 1.29 is 17.9 Å². The summed E-state index contributed by atoms with van der Waals surface area (Å²) >= 11 is 1.18. The molecule has 1 atom stereocenters. The number of aryl methyl sites for hydroxylation is 1. The van der Waals surface area contributed by atoms with Crippen molar-refractivity contribution in [3.63, 3.8) is 0 Å². The molecule has 0 radical (unpaired) electrons. The van der Waals surface area contributed by atoms with E-state index in [1.54, 1.807) is 6.20 Å². The third-order valence-corrected chi connectivity index (χ3v) is 7.99. The highest BCUT2D eigenvalue weighted by Crippen LogP contribution is 2.37. The predicted molar refractivity (Wildman–Crippen MR) is 122 cm³/mol. The Morgan fingerprint density at radius 3 is 2.45 bits per heavy atom. The number of hydrogen-bond donors (Lipinski definition) is 1. The molecule has 2 heterocycles. The molecule has 1 amide bonds. The summed E-state index contributed by atoms with van der Waals surface area (Å²) in [7, 11) is -2.92. The number of hydrogen-bond acceptors (Lipinski definition) is 6. The summed E-state index contributed by atoms with van der Waals surface area (Å²) in [6, 6.07) is 9.80. The molecular weight excluding hydrogens is 434 g/mol. The Bertz CT molecular complexity index is 1160. The van der Waals surface area contributed by atoms with Crippen molar-refractivity contribution in [3.8, 4) is 11.1 Å². The fourth-order valence-electron chi connectivity index (χ4n) is 3.42. The van der Waals surface area contributed by atoms with Crippen LogP contribution in [-0.2, 0) is 21.2 Å². The van der Waals surface area contributed by atoms with Crippen molar-refractivity contribution >= 4 is 27.5 Å². The molecule has 0 aliphatic heterocycles. The van der Waals surface area contributed by atoms with E-state index in [1.807, 2.05) is 48.2 Å². The molecule has 9 heteroatoms. The Morgan fingerprint density at radius 2 is 1.90 bits per heavy atom. The van der Waals surface area contributed by atoms with Gasteiger partial charge in [0.25, 0.3) is 10.0 Å². The zero-order chi connectivity index (χ0) is 22.8. The van der Waals surface area contributed by atoms with Gasteiger partial charge in [0.15, 0.2) is 0 Å². The molecular formula is C22H27N3O4S2. The minimum absolute atomic E-state index is 0.0970. The molecule has 2 aromatic heterocycles. The van der Waals surface area contributed by atoms with E-state index >= 15 is 0 Å². The van der Waals surface area contributed by atoms with E-state index in [0.717, 1.165) is 35.4 Å². The van der Waals surface area contributed by atoms with Crippen molar-refractivity contribution in [2.45, 2.75) is 44.4 Å². The van der Waals surface area contributed by atoms with Crippen LogP contribution in [-0.4, -0.2) is 31.2 Å². The van der Waals surface area contributed by atoms with Gasteiger partial charge in [-0.1, -0.05) is 38.1 Å². The van der Waals surface area contributed by atoms with Crippen LogP contribution in [0.1, 0.15) is 43.1 Å². The monoisotopic (exact) mass is 461 g/mol. The van der Waals surface area contributed by atoms with Crippen LogP contribution in [0.4, 0.5) is 4.79 Å². The fraction of sp³-hybridized carbons (Fsp3) is 0.364. The Hall–Kier alpha value is -2.65. The van der Waals surface area contributed by atoms with Gasteiger partial charge in [-0.15, -0.1) is 11.3 Å². The van der Waals surface area contributed by atoms with Crippen LogP contribution in [0.3, 0.4) is 0 Å². The first-order valence-corrected chi connectivity index (χ1v) is 12.3. The molecule has 3 aromatic rings. The Morgan fingerprint density at radius 1 is 1.23 bits per heavy atom. The molecule has 1 N–H and O–H groups in total. The molecule has 1 unspecified atom stereocenters. The van der Waals surface area contributed by atoms with Gasteiger partial charge in [-0.25, -0.2) is 22.9 Å². The lowest BCUT2D eigenvalue weighted by Gasteiger charge is -2.16. The van der Waals surface area contributed by atoms with Crippen LogP contribution in [0.15, 0.2) is 46.9 Å². The highest BCUT2D eigenvalue weighted by atomic mass is 32.2. The summed E-state index contributed by atoms with van der Waals surface area (Å²) in [4.78, 5) is 16.8. The molecule has 0 saturated carbocycles. The molecule has 7 nitrogen and oxygen atoms in total. The standard InChI is InChI=1S/C22H27N3O4S2/c1-14(2)12-19-13-20(21(30-19)31(27,28)24-22(26)29-5)18-8-6-17(7-9-18)15(3)25-11-10-23-16(25)4/h6-11,13-15H,12H2,1-5H3,(H,24,26). The van der Waals surface area contributed by atoms with Crippen molar-refractivity contribution in [1.82, 2.24) is 14.3 Å². The number of nitrogens with zero attached hydrogens (tertiary/aromatic N) is 2. The number of carbonyl (C=O) groups excluding carboxylic acids is 1. The van der Waals surface area contributed by atoms with Gasteiger partial charge in [0.2, 0.25) is 0 Å². The lowest BCUT2D eigenvalue weighted by Crippen LogP contribution is -2.30. The van der Waals surface area contributed by atoms with Gasteiger partial charge in [0.05, 0.1) is 13.2 Å². The highest BCUT2D eigenvalue weighted by molar-refractivity contribution is 7.92. The summed E-state index contributed by atoms with van der Waals surface area (Å²) in [5.41, 5.74) is 2.43. The first kappa shape index (κ1) is 23.0. The van der Waals surface area contributed by atoms with Crippen molar-refractivity contribution in [3.05, 3.63) is 59.0 Å². The lowest BCUT2D eigenvalue weighted by molar-refractivity contribution is 0.177. The average Bonchev–Trinajstić information content (AvgIpc) is 3.33. The summed E-state index contributed by atoms with van der Waals surface area (Å²) in [5, 5.41) is 0. The van der Waals surface area contributed by atoms with Crippen molar-refractivity contribution in [2.24, 2.45) is 5.92 Å². The van der Waals surface area contributed by atoms with Crippen LogP contribution in [0.25, 0.3) is 11.1 Å². The molecule has 1 aromatic carbocycles. The van der Waals surface area contributed by atoms with Gasteiger partial charge in [-0.05, 0) is 43.4 Å². The maximum atomic E-state index is 12.9. The maximum absolute atomic E-state index is 12.9. The van der Waals surface area contributed by atoms with Crippen LogP contribution >= 0.6 is 11.3 Å². The van der Waals surface area contributed by atoms with Crippen molar-refractivity contribution in [1.29, 1.82) is 0 Å². The number of rotatable bonds is 7. The summed E-state index contributed by atoms with van der Waals surface area (Å²) in [6.07, 6.45) is 3.45. The van der Waals surface area contributed by atoms with Crippen LogP contribution in [0, 0.1) is 12.8 Å². The molecule has 3 rings (SSSR count). The normalized spacial score (nSPS) is 12.7. The second kappa shape index (κ2) is 9.23. The number of sulfonamides is 1. The highest BCUT2D eigenvalue weighted by Gasteiger charge is 2.26. The zero-order valence-corrected chi connectivity index (χ0v) is 19.9. The number of benzene rings is 1. The van der Waals surface area contributed by atoms with E-state index in [2.05, 4.69) is 35.1 Å². The molecule has 0 spiro atoms. The van der Waals surface area contributed by atoms with E-state index in [9.17, 15) is 13.2 Å². The molecule has 0 fully saturated rings. The molecule has 0 bridgehead atoms. The molecule has 31 heavy (non-hydrogen) atoms. The van der Waals surface area contributed by atoms with Gasteiger partial charge < -0.3 is 9.30 Å². The molecule has 0 aliphatic rings. The zero-order valence-electron chi connectivity index (χ0n) is 18.2. The quantitative estimate of drug-likeness (QED) is 0.547. The minimum Gasteiger partial charge on any atom is -0.452 e. The topological polar surface area (TPSA) is 90.3 Å². The Kier molecular flexibility index (Phi) is 6.86. The number of nitrogens with one attached hydrogen (secondary N) is 1. The number of carbonyl (C=O) groups is 1. The number of amides is 1. The largest absolute Gasteiger partial charge is 0.452 e. The van der Waals surface area contributed by atoms with Gasteiger partial charge in [0.1, 0.15) is 10.0 Å². The maximum Gasteiger partial charge on any atom is 0.420 e. The molecule has 166 valence electrons. The third-order valence-electron chi connectivity index (χ3n) is 4.99. The van der Waals surface area contributed by atoms with E-state index < -0.39 is 16.1 Å². The van der Waals surface area contributed by atoms with Gasteiger partial charge >= 0.3 is 6.09 Å². The summed E-state index contributed by atoms with van der Waals surface area (Å²) in [6.45, 7) is 8.20. The first-order chi connectivity index (χ1) is 14.6. The smallest absolute Gasteiger partial charge is 0.420 e. The van der Waals surface area contributed by atoms with Crippen LogP contribution in [0.2, 0.25) is 0 Å². The number of ether oxygens (including phenoxy) is 1. The first-order valence-electron chi connectivity index (χ1n) is 9.95. The summed E-state index contributed by atoms with van der Waals surface area (Å²) in [5.74, 6) is 1.30. The van der Waals surface area contributed by atoms with Crippen LogP contribution in [0.5, 0.6) is 0 Å². The second-order valence-electron chi connectivity index (χ2n) is 7.79. The number of imidazole rings is 1. The Balaban J connectivity index is 2.00.